The largest absolute Gasteiger partial charge is 0.486 e. The lowest BCUT2D eigenvalue weighted by Gasteiger charge is -2.27. The molecule has 1 N–H and O–H groups in total. The van der Waals surface area contributed by atoms with E-state index in [2.05, 4.69) is 5.32 Å². The van der Waals surface area contributed by atoms with E-state index in [9.17, 15) is 4.79 Å². The van der Waals surface area contributed by atoms with E-state index in [0.717, 1.165) is 22.8 Å². The Morgan fingerprint density at radius 3 is 2.68 bits per heavy atom. The maximum absolute atomic E-state index is 12.5. The minimum Gasteiger partial charge on any atom is -0.486 e. The molecule has 0 unspecified atom stereocenters. The Hall–Kier alpha value is -1.85. The first-order chi connectivity index (χ1) is 12.2. The fourth-order valence-electron chi connectivity index (χ4n) is 2.49. The first-order valence-electron chi connectivity index (χ1n) is 8.24. The number of thioether (sulfide) groups is 1. The predicted octanol–water partition coefficient (Wildman–Crippen LogP) is 4.17. The Morgan fingerprint density at radius 1 is 1.24 bits per heavy atom. The first kappa shape index (κ1) is 18.0. The van der Waals surface area contributed by atoms with Gasteiger partial charge in [0.1, 0.15) is 12.7 Å². The number of nitrogens with one attached hydrogen (secondary N) is 1. The summed E-state index contributed by atoms with van der Waals surface area (Å²) in [5.74, 6) is 1.47. The monoisotopic (exact) mass is 377 g/mol. The van der Waals surface area contributed by atoms with Crippen molar-refractivity contribution in [2.45, 2.75) is 29.6 Å². The number of ether oxygens (including phenoxy) is 2. The summed E-state index contributed by atoms with van der Waals surface area (Å²) in [6.45, 7) is 2.85. The zero-order valence-electron chi connectivity index (χ0n) is 13.9. The van der Waals surface area contributed by atoms with Crippen LogP contribution in [0.2, 0.25) is 5.02 Å². The number of amides is 1. The van der Waals surface area contributed by atoms with Crippen molar-refractivity contribution in [2.75, 3.05) is 13.2 Å². The molecule has 0 bridgehead atoms. The smallest absolute Gasteiger partial charge is 0.233 e. The standard InChI is InChI=1S/C19H20ClNO3S/c1-2-18(25-15-9-7-13(20)8-10-15)19(22)21-11-14-12-23-16-5-3-4-6-17(16)24-14/h3-10,14,18H,2,11-12H2,1H3,(H,21,22)/t14-,18+/m1/s1. The molecule has 25 heavy (non-hydrogen) atoms. The molecule has 2 aromatic rings. The van der Waals surface area contributed by atoms with Gasteiger partial charge in [-0.2, -0.15) is 0 Å². The predicted molar refractivity (Wildman–Crippen MR) is 101 cm³/mol. The molecule has 4 nitrogen and oxygen atoms in total. The number of carbonyl (C=O) groups excluding carboxylic acids is 1. The molecule has 2 aromatic carbocycles. The highest BCUT2D eigenvalue weighted by Gasteiger charge is 2.23. The summed E-state index contributed by atoms with van der Waals surface area (Å²) in [5, 5.41) is 3.51. The van der Waals surface area contributed by atoms with Gasteiger partial charge in [-0.1, -0.05) is 30.7 Å². The minimum atomic E-state index is -0.183. The van der Waals surface area contributed by atoms with Crippen molar-refractivity contribution in [3.8, 4) is 11.5 Å². The van der Waals surface area contributed by atoms with E-state index in [0.29, 0.717) is 18.2 Å². The molecule has 0 aromatic heterocycles. The van der Waals surface area contributed by atoms with E-state index < -0.39 is 0 Å². The van der Waals surface area contributed by atoms with Gasteiger partial charge in [-0.05, 0) is 42.8 Å². The minimum absolute atomic E-state index is 0.00455. The zero-order valence-corrected chi connectivity index (χ0v) is 15.5. The Morgan fingerprint density at radius 2 is 1.96 bits per heavy atom. The van der Waals surface area contributed by atoms with Crippen molar-refractivity contribution < 1.29 is 14.3 Å². The molecule has 0 saturated carbocycles. The molecule has 0 spiro atoms. The van der Waals surface area contributed by atoms with Gasteiger partial charge in [-0.25, -0.2) is 0 Å². The van der Waals surface area contributed by atoms with E-state index >= 15 is 0 Å². The number of hydrogen-bond donors (Lipinski definition) is 1. The van der Waals surface area contributed by atoms with Crippen LogP contribution >= 0.6 is 23.4 Å². The molecule has 6 heteroatoms. The summed E-state index contributed by atoms with van der Waals surface area (Å²) in [5.41, 5.74) is 0. The molecule has 1 amide bonds. The SMILES string of the molecule is CC[C@H](Sc1ccc(Cl)cc1)C(=O)NC[C@@H]1COc2ccccc2O1. The number of benzene rings is 2. The molecule has 0 aliphatic carbocycles. The molecule has 2 atom stereocenters. The van der Waals surface area contributed by atoms with Gasteiger partial charge in [-0.3, -0.25) is 4.79 Å². The number of para-hydroxylation sites is 2. The van der Waals surface area contributed by atoms with Gasteiger partial charge in [0.05, 0.1) is 11.8 Å². The highest BCUT2D eigenvalue weighted by molar-refractivity contribution is 8.00. The summed E-state index contributed by atoms with van der Waals surface area (Å²) >= 11 is 7.44. The number of halogens is 1. The van der Waals surface area contributed by atoms with Gasteiger partial charge in [0, 0.05) is 9.92 Å². The van der Waals surface area contributed by atoms with E-state index in [-0.39, 0.29) is 17.3 Å². The number of hydrogen-bond acceptors (Lipinski definition) is 4. The average Bonchev–Trinajstić information content (AvgIpc) is 2.65. The van der Waals surface area contributed by atoms with Crippen molar-refractivity contribution in [3.63, 3.8) is 0 Å². The Kier molecular flexibility index (Phi) is 6.10. The van der Waals surface area contributed by atoms with Crippen LogP contribution in [0.25, 0.3) is 0 Å². The van der Waals surface area contributed by atoms with Gasteiger partial charge < -0.3 is 14.8 Å². The summed E-state index contributed by atoms with van der Waals surface area (Å²) in [4.78, 5) is 13.5. The van der Waals surface area contributed by atoms with Crippen molar-refractivity contribution in [2.24, 2.45) is 0 Å². The van der Waals surface area contributed by atoms with Gasteiger partial charge in [0.2, 0.25) is 5.91 Å². The lowest BCUT2D eigenvalue weighted by Crippen LogP contribution is -2.43. The van der Waals surface area contributed by atoms with Crippen LogP contribution in [0, 0.1) is 0 Å². The quantitative estimate of drug-likeness (QED) is 0.767. The Labute approximate surface area is 156 Å². The fourth-order valence-corrected chi connectivity index (χ4v) is 3.60. The molecule has 0 fully saturated rings. The average molecular weight is 378 g/mol. The molecular formula is C19H20ClNO3S. The van der Waals surface area contributed by atoms with Crippen LogP contribution < -0.4 is 14.8 Å². The Bertz CT molecular complexity index is 723. The van der Waals surface area contributed by atoms with Crippen LogP contribution in [-0.2, 0) is 4.79 Å². The van der Waals surface area contributed by atoms with Crippen molar-refractivity contribution in [1.82, 2.24) is 5.32 Å². The maximum Gasteiger partial charge on any atom is 0.233 e. The van der Waals surface area contributed by atoms with E-state index in [4.69, 9.17) is 21.1 Å². The van der Waals surface area contributed by atoms with Crippen LogP contribution in [-0.4, -0.2) is 30.4 Å². The van der Waals surface area contributed by atoms with Crippen LogP contribution in [0.5, 0.6) is 11.5 Å². The third-order valence-electron chi connectivity index (χ3n) is 3.83. The normalized spacial score (nSPS) is 17.0. The van der Waals surface area contributed by atoms with Crippen LogP contribution in [0.15, 0.2) is 53.4 Å². The number of carbonyl (C=O) groups is 1. The molecule has 3 rings (SSSR count). The molecule has 132 valence electrons. The van der Waals surface area contributed by atoms with Crippen LogP contribution in [0.1, 0.15) is 13.3 Å². The van der Waals surface area contributed by atoms with Crippen molar-refractivity contribution in [3.05, 3.63) is 53.6 Å². The fraction of sp³-hybridized carbons (Fsp3) is 0.316. The second-order valence-electron chi connectivity index (χ2n) is 5.71. The van der Waals surface area contributed by atoms with E-state index in [1.807, 2.05) is 55.5 Å². The maximum atomic E-state index is 12.5. The molecular weight excluding hydrogens is 358 g/mol. The van der Waals surface area contributed by atoms with Crippen molar-refractivity contribution in [1.29, 1.82) is 0 Å². The Balaban J connectivity index is 1.52. The van der Waals surface area contributed by atoms with Crippen LogP contribution in [0.3, 0.4) is 0 Å². The van der Waals surface area contributed by atoms with Crippen molar-refractivity contribution >= 4 is 29.3 Å². The highest BCUT2D eigenvalue weighted by Crippen LogP contribution is 2.31. The summed E-state index contributed by atoms with van der Waals surface area (Å²) in [6.07, 6.45) is 0.557. The van der Waals surface area contributed by atoms with E-state index in [1.54, 1.807) is 0 Å². The zero-order chi connectivity index (χ0) is 17.6. The third kappa shape index (κ3) is 4.83. The lowest BCUT2D eigenvalue weighted by molar-refractivity contribution is -0.121. The van der Waals surface area contributed by atoms with Gasteiger partial charge in [0.25, 0.3) is 0 Å². The molecule has 0 saturated heterocycles. The van der Waals surface area contributed by atoms with Gasteiger partial charge in [-0.15, -0.1) is 11.8 Å². The summed E-state index contributed by atoms with van der Waals surface area (Å²) < 4.78 is 11.5. The molecule has 1 aliphatic heterocycles. The van der Waals surface area contributed by atoms with E-state index in [1.165, 1.54) is 11.8 Å². The summed E-state index contributed by atoms with van der Waals surface area (Å²) in [6, 6.07) is 15.1. The third-order valence-corrected chi connectivity index (χ3v) is 5.45. The lowest BCUT2D eigenvalue weighted by atomic mass is 10.2. The summed E-state index contributed by atoms with van der Waals surface area (Å²) in [7, 11) is 0. The second kappa shape index (κ2) is 8.50. The van der Waals surface area contributed by atoms with Crippen LogP contribution in [0.4, 0.5) is 0 Å². The number of rotatable bonds is 6. The molecule has 1 heterocycles. The molecule has 0 radical (unpaired) electrons. The van der Waals surface area contributed by atoms with Gasteiger partial charge >= 0.3 is 0 Å². The van der Waals surface area contributed by atoms with Gasteiger partial charge in [0.15, 0.2) is 11.5 Å². The number of fused-ring (bicyclic) bond motifs is 1. The topological polar surface area (TPSA) is 47.6 Å². The highest BCUT2D eigenvalue weighted by atomic mass is 35.5. The second-order valence-corrected chi connectivity index (χ2v) is 7.42. The first-order valence-corrected chi connectivity index (χ1v) is 9.50. The molecule has 1 aliphatic rings.